The maximum absolute atomic E-state index is 12.0. The molecule has 1 amide bonds. The molecular formula is C15H24N4O. The van der Waals surface area contributed by atoms with E-state index in [-0.39, 0.29) is 5.91 Å². The Balaban J connectivity index is 1.74. The van der Waals surface area contributed by atoms with Crippen LogP contribution in [0.3, 0.4) is 0 Å². The molecule has 0 saturated heterocycles. The molecule has 1 saturated carbocycles. The molecule has 0 aromatic carbocycles. The van der Waals surface area contributed by atoms with Gasteiger partial charge in [0, 0.05) is 13.6 Å². The average Bonchev–Trinajstić information content (AvgIpc) is 2.49. The number of amides is 1. The lowest BCUT2D eigenvalue weighted by Crippen LogP contribution is -2.27. The first-order valence-electron chi connectivity index (χ1n) is 7.47. The van der Waals surface area contributed by atoms with E-state index in [9.17, 15) is 4.79 Å². The molecule has 1 aliphatic rings. The monoisotopic (exact) mass is 276 g/mol. The van der Waals surface area contributed by atoms with Gasteiger partial charge in [-0.2, -0.15) is 0 Å². The summed E-state index contributed by atoms with van der Waals surface area (Å²) in [6.07, 6.45) is 9.41. The first-order valence-corrected chi connectivity index (χ1v) is 7.47. The first-order chi connectivity index (χ1) is 9.69. The Bertz CT molecular complexity index is 441. The summed E-state index contributed by atoms with van der Waals surface area (Å²) in [7, 11) is 1.76. The van der Waals surface area contributed by atoms with E-state index in [1.165, 1.54) is 31.9 Å². The van der Waals surface area contributed by atoms with E-state index < -0.39 is 0 Å². The number of nitrogens with zero attached hydrogens (tertiary/aromatic N) is 2. The quantitative estimate of drug-likeness (QED) is 0.867. The van der Waals surface area contributed by atoms with Crippen molar-refractivity contribution in [1.82, 2.24) is 15.3 Å². The summed E-state index contributed by atoms with van der Waals surface area (Å²) in [5.74, 6) is 2.11. The molecule has 110 valence electrons. The van der Waals surface area contributed by atoms with Gasteiger partial charge in [0.1, 0.15) is 11.5 Å². The molecule has 0 bridgehead atoms. The largest absolute Gasteiger partial charge is 0.372 e. The predicted molar refractivity (Wildman–Crippen MR) is 79.7 cm³/mol. The Morgan fingerprint density at radius 3 is 2.75 bits per heavy atom. The summed E-state index contributed by atoms with van der Waals surface area (Å²) in [6, 6.07) is 0. The van der Waals surface area contributed by atoms with Crippen molar-refractivity contribution in [1.29, 1.82) is 0 Å². The lowest BCUT2D eigenvalue weighted by Gasteiger charge is -2.26. The van der Waals surface area contributed by atoms with Crippen molar-refractivity contribution >= 4 is 11.7 Å². The van der Waals surface area contributed by atoms with Crippen molar-refractivity contribution in [2.75, 3.05) is 18.9 Å². The third kappa shape index (κ3) is 4.18. The third-order valence-electron chi connectivity index (χ3n) is 4.10. The van der Waals surface area contributed by atoms with Gasteiger partial charge in [0.05, 0.1) is 12.4 Å². The van der Waals surface area contributed by atoms with E-state index in [1.807, 2.05) is 0 Å². The van der Waals surface area contributed by atoms with Crippen LogP contribution in [0.5, 0.6) is 0 Å². The highest BCUT2D eigenvalue weighted by Crippen LogP contribution is 2.29. The number of carbonyl (C=O) groups excluding carboxylic acids is 1. The van der Waals surface area contributed by atoms with Crippen LogP contribution in [0.4, 0.5) is 5.82 Å². The summed E-state index contributed by atoms with van der Waals surface area (Å²) in [5, 5.41) is 5.82. The number of anilines is 1. The maximum Gasteiger partial charge on any atom is 0.271 e. The zero-order valence-electron chi connectivity index (χ0n) is 12.4. The van der Waals surface area contributed by atoms with Crippen molar-refractivity contribution in [2.24, 2.45) is 11.8 Å². The van der Waals surface area contributed by atoms with Crippen LogP contribution >= 0.6 is 0 Å². The molecule has 0 unspecified atom stereocenters. The van der Waals surface area contributed by atoms with Crippen molar-refractivity contribution in [3.8, 4) is 0 Å². The first kappa shape index (κ1) is 14.8. The van der Waals surface area contributed by atoms with Crippen LogP contribution in [0.15, 0.2) is 12.4 Å². The molecule has 1 aromatic heterocycles. The summed E-state index contributed by atoms with van der Waals surface area (Å²) >= 11 is 0. The Kier molecular flexibility index (Phi) is 5.32. The Hall–Kier alpha value is -1.65. The van der Waals surface area contributed by atoms with Crippen LogP contribution in [0.1, 0.15) is 49.5 Å². The van der Waals surface area contributed by atoms with Gasteiger partial charge in [-0.15, -0.1) is 0 Å². The van der Waals surface area contributed by atoms with E-state index >= 15 is 0 Å². The minimum Gasteiger partial charge on any atom is -0.372 e. The summed E-state index contributed by atoms with van der Waals surface area (Å²) < 4.78 is 0. The fourth-order valence-corrected chi connectivity index (χ4v) is 2.69. The number of nitrogens with one attached hydrogen (secondary N) is 2. The maximum atomic E-state index is 12.0. The zero-order valence-corrected chi connectivity index (χ0v) is 12.4. The highest BCUT2D eigenvalue weighted by atomic mass is 16.1. The zero-order chi connectivity index (χ0) is 14.4. The van der Waals surface area contributed by atoms with Gasteiger partial charge in [-0.25, -0.2) is 4.98 Å². The van der Waals surface area contributed by atoms with Crippen molar-refractivity contribution in [3.63, 3.8) is 0 Å². The molecule has 5 heteroatoms. The highest BCUT2D eigenvalue weighted by molar-refractivity contribution is 5.92. The Labute approximate surface area is 120 Å². The highest BCUT2D eigenvalue weighted by Gasteiger charge is 2.18. The van der Waals surface area contributed by atoms with E-state index in [2.05, 4.69) is 27.5 Å². The van der Waals surface area contributed by atoms with E-state index in [0.717, 1.165) is 24.8 Å². The van der Waals surface area contributed by atoms with Crippen LogP contribution in [0.25, 0.3) is 0 Å². The summed E-state index contributed by atoms with van der Waals surface area (Å²) in [5.41, 5.74) is 0.370. The van der Waals surface area contributed by atoms with Crippen LogP contribution in [0.2, 0.25) is 0 Å². The number of carbonyl (C=O) groups is 1. The Morgan fingerprint density at radius 2 is 2.05 bits per heavy atom. The van der Waals surface area contributed by atoms with Gasteiger partial charge in [-0.3, -0.25) is 9.78 Å². The molecular weight excluding hydrogens is 252 g/mol. The Morgan fingerprint density at radius 1 is 1.30 bits per heavy atom. The second-order valence-electron chi connectivity index (χ2n) is 5.71. The molecule has 20 heavy (non-hydrogen) atoms. The predicted octanol–water partition coefficient (Wildman–Crippen LogP) is 2.46. The van der Waals surface area contributed by atoms with Gasteiger partial charge in [0.25, 0.3) is 5.91 Å². The molecule has 1 fully saturated rings. The van der Waals surface area contributed by atoms with Gasteiger partial charge in [-0.05, 0) is 18.3 Å². The normalized spacial score (nSPS) is 22.3. The molecule has 1 heterocycles. The minimum atomic E-state index is -0.140. The van der Waals surface area contributed by atoms with Gasteiger partial charge in [-0.1, -0.05) is 32.6 Å². The minimum absolute atomic E-state index is 0.140. The SMILES string of the molecule is CNc1cncc(C(=O)NCCC2CCC(C)CC2)n1. The molecule has 0 spiro atoms. The molecule has 0 radical (unpaired) electrons. The average molecular weight is 276 g/mol. The molecule has 0 atom stereocenters. The van der Waals surface area contributed by atoms with Crippen molar-refractivity contribution in [3.05, 3.63) is 18.1 Å². The fraction of sp³-hybridized carbons (Fsp3) is 0.667. The van der Waals surface area contributed by atoms with E-state index in [1.54, 1.807) is 13.2 Å². The van der Waals surface area contributed by atoms with Gasteiger partial charge < -0.3 is 10.6 Å². The second-order valence-corrected chi connectivity index (χ2v) is 5.71. The number of aromatic nitrogens is 2. The number of rotatable bonds is 5. The van der Waals surface area contributed by atoms with E-state index in [4.69, 9.17) is 0 Å². The van der Waals surface area contributed by atoms with Crippen LogP contribution < -0.4 is 10.6 Å². The fourth-order valence-electron chi connectivity index (χ4n) is 2.69. The lowest BCUT2D eigenvalue weighted by molar-refractivity contribution is 0.0944. The number of hydrogen-bond donors (Lipinski definition) is 2. The van der Waals surface area contributed by atoms with Crippen molar-refractivity contribution in [2.45, 2.75) is 39.0 Å². The van der Waals surface area contributed by atoms with Gasteiger partial charge in [0.15, 0.2) is 0 Å². The van der Waals surface area contributed by atoms with E-state index in [0.29, 0.717) is 11.5 Å². The molecule has 2 rings (SSSR count). The van der Waals surface area contributed by atoms with Crippen LogP contribution in [0, 0.1) is 11.8 Å². The second kappa shape index (κ2) is 7.22. The van der Waals surface area contributed by atoms with Gasteiger partial charge >= 0.3 is 0 Å². The molecule has 0 aliphatic heterocycles. The smallest absolute Gasteiger partial charge is 0.271 e. The third-order valence-corrected chi connectivity index (χ3v) is 4.10. The standard InChI is InChI=1S/C15H24N4O/c1-11-3-5-12(6-4-11)7-8-18-15(20)13-9-17-10-14(16-2)19-13/h9-12H,3-8H2,1-2H3,(H,16,19)(H,18,20). The molecule has 1 aliphatic carbocycles. The summed E-state index contributed by atoms with van der Waals surface area (Å²) in [6.45, 7) is 3.05. The molecule has 5 nitrogen and oxygen atoms in total. The lowest BCUT2D eigenvalue weighted by atomic mass is 9.81. The molecule has 2 N–H and O–H groups in total. The topological polar surface area (TPSA) is 66.9 Å². The summed E-state index contributed by atoms with van der Waals surface area (Å²) in [4.78, 5) is 20.1. The molecule has 1 aromatic rings. The van der Waals surface area contributed by atoms with Gasteiger partial charge in [0.2, 0.25) is 0 Å². The van der Waals surface area contributed by atoms with Crippen LogP contribution in [-0.4, -0.2) is 29.5 Å². The van der Waals surface area contributed by atoms with Crippen LogP contribution in [-0.2, 0) is 0 Å². The number of hydrogen-bond acceptors (Lipinski definition) is 4. The van der Waals surface area contributed by atoms with Crippen molar-refractivity contribution < 1.29 is 4.79 Å².